The van der Waals surface area contributed by atoms with Crippen molar-refractivity contribution < 1.29 is 9.53 Å². The molecule has 1 atom stereocenters. The Morgan fingerprint density at radius 3 is 2.70 bits per heavy atom. The molecule has 6 heteroatoms. The van der Waals surface area contributed by atoms with Crippen LogP contribution in [-0.2, 0) is 16.1 Å². The minimum Gasteiger partial charge on any atom is -0.374 e. The third-order valence-corrected chi connectivity index (χ3v) is 4.33. The summed E-state index contributed by atoms with van der Waals surface area (Å²) < 4.78 is 7.10. The minimum absolute atomic E-state index is 0.0177. The quantitative estimate of drug-likeness (QED) is 0.623. The van der Waals surface area contributed by atoms with E-state index in [-0.39, 0.29) is 24.1 Å². The van der Waals surface area contributed by atoms with E-state index in [9.17, 15) is 9.59 Å². The third kappa shape index (κ3) is 5.01. The van der Waals surface area contributed by atoms with Crippen molar-refractivity contribution in [2.75, 3.05) is 13.2 Å². The SMILES string of the molecule is CC(OCCCNC(=O)Cn1cnc2ccccc2c1=O)c1ccccc1. The molecule has 140 valence electrons. The Bertz CT molecular complexity index is 954. The number of ether oxygens (including phenoxy) is 1. The van der Waals surface area contributed by atoms with Gasteiger partial charge in [-0.1, -0.05) is 42.5 Å². The molecule has 3 rings (SSSR count). The van der Waals surface area contributed by atoms with Crippen molar-refractivity contribution in [3.8, 4) is 0 Å². The molecule has 1 amide bonds. The Kier molecular flexibility index (Phi) is 6.33. The zero-order valence-corrected chi connectivity index (χ0v) is 15.3. The van der Waals surface area contributed by atoms with E-state index >= 15 is 0 Å². The summed E-state index contributed by atoms with van der Waals surface area (Å²) in [6, 6.07) is 17.1. The van der Waals surface area contributed by atoms with Crippen molar-refractivity contribution in [2.24, 2.45) is 0 Å². The number of para-hydroxylation sites is 1. The first-order valence-electron chi connectivity index (χ1n) is 9.02. The molecule has 1 unspecified atom stereocenters. The van der Waals surface area contributed by atoms with Gasteiger partial charge in [-0.25, -0.2) is 4.98 Å². The van der Waals surface area contributed by atoms with Gasteiger partial charge in [0, 0.05) is 13.2 Å². The molecule has 1 heterocycles. The summed E-state index contributed by atoms with van der Waals surface area (Å²) in [6.07, 6.45) is 2.13. The molecule has 0 aliphatic rings. The number of aromatic nitrogens is 2. The number of carbonyl (C=O) groups excluding carboxylic acids is 1. The van der Waals surface area contributed by atoms with E-state index < -0.39 is 0 Å². The highest BCUT2D eigenvalue weighted by Crippen LogP contribution is 2.15. The molecule has 0 fully saturated rings. The van der Waals surface area contributed by atoms with Gasteiger partial charge >= 0.3 is 0 Å². The fraction of sp³-hybridized carbons (Fsp3) is 0.286. The van der Waals surface area contributed by atoms with Gasteiger partial charge in [-0.3, -0.25) is 14.2 Å². The van der Waals surface area contributed by atoms with Crippen molar-refractivity contribution >= 4 is 16.8 Å². The van der Waals surface area contributed by atoms with Crippen LogP contribution in [-0.4, -0.2) is 28.6 Å². The molecule has 1 N–H and O–H groups in total. The Morgan fingerprint density at radius 1 is 1.15 bits per heavy atom. The highest BCUT2D eigenvalue weighted by atomic mass is 16.5. The summed E-state index contributed by atoms with van der Waals surface area (Å²) in [5.41, 5.74) is 1.55. The van der Waals surface area contributed by atoms with E-state index in [1.54, 1.807) is 18.2 Å². The lowest BCUT2D eigenvalue weighted by molar-refractivity contribution is -0.121. The van der Waals surface area contributed by atoms with Crippen LogP contribution < -0.4 is 10.9 Å². The lowest BCUT2D eigenvalue weighted by Crippen LogP contribution is -2.33. The summed E-state index contributed by atoms with van der Waals surface area (Å²) in [7, 11) is 0. The fourth-order valence-corrected chi connectivity index (χ4v) is 2.81. The fourth-order valence-electron chi connectivity index (χ4n) is 2.81. The van der Waals surface area contributed by atoms with Crippen LogP contribution in [0.25, 0.3) is 10.9 Å². The van der Waals surface area contributed by atoms with Crippen molar-refractivity contribution in [1.82, 2.24) is 14.9 Å². The minimum atomic E-state index is -0.217. The van der Waals surface area contributed by atoms with E-state index in [0.717, 1.165) is 5.56 Å². The molecule has 0 radical (unpaired) electrons. The summed E-state index contributed by atoms with van der Waals surface area (Å²) in [5.74, 6) is -0.217. The van der Waals surface area contributed by atoms with E-state index in [1.807, 2.05) is 43.3 Å². The first-order chi connectivity index (χ1) is 13.1. The molecular formula is C21H23N3O3. The lowest BCUT2D eigenvalue weighted by Gasteiger charge is -2.13. The molecule has 0 spiro atoms. The largest absolute Gasteiger partial charge is 0.374 e. The van der Waals surface area contributed by atoms with E-state index in [4.69, 9.17) is 4.74 Å². The van der Waals surface area contributed by atoms with Crippen molar-refractivity contribution in [3.63, 3.8) is 0 Å². The van der Waals surface area contributed by atoms with Gasteiger partial charge in [-0.05, 0) is 31.0 Å². The van der Waals surface area contributed by atoms with E-state index in [0.29, 0.717) is 30.5 Å². The molecule has 0 aliphatic carbocycles. The second-order valence-corrected chi connectivity index (χ2v) is 6.32. The van der Waals surface area contributed by atoms with Crippen LogP contribution in [0.4, 0.5) is 0 Å². The van der Waals surface area contributed by atoms with Crippen LogP contribution in [0, 0.1) is 0 Å². The predicted molar refractivity (Wildman–Crippen MR) is 104 cm³/mol. The molecule has 27 heavy (non-hydrogen) atoms. The summed E-state index contributed by atoms with van der Waals surface area (Å²) in [5, 5.41) is 3.32. The zero-order valence-electron chi connectivity index (χ0n) is 15.3. The highest BCUT2D eigenvalue weighted by Gasteiger charge is 2.08. The molecule has 2 aromatic carbocycles. The van der Waals surface area contributed by atoms with Crippen molar-refractivity contribution in [3.05, 3.63) is 76.8 Å². The summed E-state index contributed by atoms with van der Waals surface area (Å²) in [6.45, 7) is 3.01. The van der Waals surface area contributed by atoms with Crippen LogP contribution in [0.1, 0.15) is 25.0 Å². The normalized spacial score (nSPS) is 12.0. The Labute approximate surface area is 157 Å². The van der Waals surface area contributed by atoms with Gasteiger partial charge in [-0.15, -0.1) is 0 Å². The second kappa shape index (κ2) is 9.09. The van der Waals surface area contributed by atoms with Crippen LogP contribution in [0.2, 0.25) is 0 Å². The number of hydrogen-bond donors (Lipinski definition) is 1. The smallest absolute Gasteiger partial charge is 0.261 e. The zero-order chi connectivity index (χ0) is 19.1. The summed E-state index contributed by atoms with van der Waals surface area (Å²) >= 11 is 0. The number of carbonyl (C=O) groups is 1. The first-order valence-corrected chi connectivity index (χ1v) is 9.02. The van der Waals surface area contributed by atoms with Crippen LogP contribution in [0.3, 0.4) is 0 Å². The molecule has 0 saturated heterocycles. The molecule has 1 aromatic heterocycles. The van der Waals surface area contributed by atoms with Crippen LogP contribution in [0.5, 0.6) is 0 Å². The maximum atomic E-state index is 12.4. The van der Waals surface area contributed by atoms with Crippen LogP contribution in [0.15, 0.2) is 65.7 Å². The van der Waals surface area contributed by atoms with E-state index in [2.05, 4.69) is 10.3 Å². The number of fused-ring (bicyclic) bond motifs is 1. The maximum Gasteiger partial charge on any atom is 0.261 e. The molecule has 0 bridgehead atoms. The van der Waals surface area contributed by atoms with Crippen molar-refractivity contribution in [2.45, 2.75) is 26.0 Å². The van der Waals surface area contributed by atoms with Gasteiger partial charge in [0.2, 0.25) is 5.91 Å². The molecular weight excluding hydrogens is 342 g/mol. The van der Waals surface area contributed by atoms with Gasteiger partial charge in [0.25, 0.3) is 5.56 Å². The topological polar surface area (TPSA) is 73.2 Å². The average Bonchev–Trinajstić information content (AvgIpc) is 2.70. The monoisotopic (exact) mass is 365 g/mol. The lowest BCUT2D eigenvalue weighted by atomic mass is 10.1. The molecule has 0 aliphatic heterocycles. The Hall–Kier alpha value is -2.99. The number of nitrogens with one attached hydrogen (secondary N) is 1. The van der Waals surface area contributed by atoms with Crippen molar-refractivity contribution in [1.29, 1.82) is 0 Å². The molecule has 0 saturated carbocycles. The summed E-state index contributed by atoms with van der Waals surface area (Å²) in [4.78, 5) is 28.7. The van der Waals surface area contributed by atoms with E-state index in [1.165, 1.54) is 10.9 Å². The Morgan fingerprint density at radius 2 is 1.89 bits per heavy atom. The predicted octanol–water partition coefficient (Wildman–Crippen LogP) is 2.68. The third-order valence-electron chi connectivity index (χ3n) is 4.33. The van der Waals surface area contributed by atoms with Gasteiger partial charge in [0.15, 0.2) is 0 Å². The number of rotatable bonds is 8. The highest BCUT2D eigenvalue weighted by molar-refractivity contribution is 5.78. The van der Waals surface area contributed by atoms with Gasteiger partial charge in [-0.2, -0.15) is 0 Å². The number of nitrogens with zero attached hydrogens (tertiary/aromatic N) is 2. The van der Waals surface area contributed by atoms with Gasteiger partial charge in [0.05, 0.1) is 23.3 Å². The van der Waals surface area contributed by atoms with Gasteiger partial charge < -0.3 is 10.1 Å². The Balaban J connectivity index is 1.43. The number of benzene rings is 2. The maximum absolute atomic E-state index is 12.4. The van der Waals surface area contributed by atoms with Gasteiger partial charge in [0.1, 0.15) is 6.54 Å². The van der Waals surface area contributed by atoms with Crippen LogP contribution >= 0.6 is 0 Å². The first kappa shape index (κ1) is 18.8. The second-order valence-electron chi connectivity index (χ2n) is 6.32. The number of amides is 1. The molecule has 3 aromatic rings. The number of hydrogen-bond acceptors (Lipinski definition) is 4. The average molecular weight is 365 g/mol. The standard InChI is InChI=1S/C21H23N3O3/c1-16(17-8-3-2-4-9-17)27-13-7-12-22-20(25)14-24-15-23-19-11-6-5-10-18(19)21(24)26/h2-6,8-11,15-16H,7,12-14H2,1H3,(H,22,25). The molecule has 6 nitrogen and oxygen atoms in total.